The van der Waals surface area contributed by atoms with E-state index >= 15 is 0 Å². The molecule has 2 rings (SSSR count). The van der Waals surface area contributed by atoms with E-state index in [1.54, 1.807) is 13.8 Å². The molecule has 0 N–H and O–H groups in total. The molecule has 0 fully saturated rings. The van der Waals surface area contributed by atoms with E-state index in [4.69, 9.17) is 9.47 Å². The van der Waals surface area contributed by atoms with Crippen LogP contribution in [-0.2, 0) is 28.7 Å². The molecule has 0 aliphatic rings. The van der Waals surface area contributed by atoms with E-state index in [1.165, 1.54) is 11.1 Å². The van der Waals surface area contributed by atoms with Crippen molar-refractivity contribution in [3.8, 4) is 11.1 Å². The number of hydrogen-bond acceptors (Lipinski definition) is 8. The second-order valence-electron chi connectivity index (χ2n) is 8.93. The predicted octanol–water partition coefficient (Wildman–Crippen LogP) is 4.19. The molecule has 218 valence electrons. The summed E-state index contributed by atoms with van der Waals surface area (Å²) in [6, 6.07) is 20.8. The van der Waals surface area contributed by atoms with Gasteiger partial charge in [-0.25, -0.2) is 9.59 Å². The standard InChI is InChI=1S/C12H10.2C10H16O4/c1-3-7-11(8-4-1)12-9-5-2-6-10-12;2*1-8(2)10(13)14-7-5-3-4-6-9(11)12/h1-10H;2*1,3-7H2,2H3,(H,11,12)/p-2. The van der Waals surface area contributed by atoms with Crippen molar-refractivity contribution in [3.05, 3.63) is 85.0 Å². The molecule has 0 aliphatic heterocycles. The molecule has 0 aliphatic carbocycles. The van der Waals surface area contributed by atoms with Crippen molar-refractivity contribution in [1.82, 2.24) is 0 Å². The Morgan fingerprint density at radius 1 is 0.575 bits per heavy atom. The van der Waals surface area contributed by atoms with Crippen molar-refractivity contribution in [3.63, 3.8) is 0 Å². The second kappa shape index (κ2) is 22.8. The molecule has 0 bridgehead atoms. The van der Waals surface area contributed by atoms with Crippen molar-refractivity contribution in [2.75, 3.05) is 13.2 Å². The van der Waals surface area contributed by atoms with Gasteiger partial charge in [-0.05, 0) is 76.3 Å². The molecule has 0 radical (unpaired) electrons. The average molecular weight is 553 g/mol. The zero-order chi connectivity index (χ0) is 30.2. The number of aliphatic carboxylic acids is 2. The number of carbonyl (C=O) groups excluding carboxylic acids is 4. The fourth-order valence-corrected chi connectivity index (χ4v) is 2.93. The highest BCUT2D eigenvalue weighted by Crippen LogP contribution is 2.17. The summed E-state index contributed by atoms with van der Waals surface area (Å²) in [7, 11) is 0. The summed E-state index contributed by atoms with van der Waals surface area (Å²) in [4.78, 5) is 41.8. The summed E-state index contributed by atoms with van der Waals surface area (Å²) < 4.78 is 9.62. The lowest BCUT2D eigenvalue weighted by atomic mass is 10.1. The molecule has 0 heterocycles. The molecule has 0 spiro atoms. The van der Waals surface area contributed by atoms with Crippen LogP contribution in [-0.4, -0.2) is 37.1 Å². The van der Waals surface area contributed by atoms with E-state index in [0.29, 0.717) is 50.0 Å². The Hall–Kier alpha value is -4.20. The molecule has 0 unspecified atom stereocenters. The zero-order valence-corrected chi connectivity index (χ0v) is 23.5. The fourth-order valence-electron chi connectivity index (χ4n) is 2.93. The van der Waals surface area contributed by atoms with E-state index in [0.717, 1.165) is 12.8 Å². The zero-order valence-electron chi connectivity index (χ0n) is 23.5. The van der Waals surface area contributed by atoms with Crippen molar-refractivity contribution >= 4 is 23.9 Å². The quantitative estimate of drug-likeness (QED) is 0.183. The van der Waals surface area contributed by atoms with Gasteiger partial charge < -0.3 is 29.3 Å². The minimum atomic E-state index is -1.04. The van der Waals surface area contributed by atoms with Gasteiger partial charge in [0.1, 0.15) is 0 Å². The molecular weight excluding hydrogens is 512 g/mol. The minimum Gasteiger partial charge on any atom is -0.550 e. The van der Waals surface area contributed by atoms with E-state index in [-0.39, 0.29) is 12.8 Å². The van der Waals surface area contributed by atoms with E-state index in [1.807, 2.05) is 12.1 Å². The van der Waals surface area contributed by atoms with Gasteiger partial charge in [0.05, 0.1) is 13.2 Å². The van der Waals surface area contributed by atoms with Gasteiger partial charge in [0.2, 0.25) is 0 Å². The summed E-state index contributed by atoms with van der Waals surface area (Å²) in [6.45, 7) is 10.7. The first kappa shape index (κ1) is 35.8. The number of rotatable bonds is 15. The first-order valence-electron chi connectivity index (χ1n) is 13.2. The molecule has 8 nitrogen and oxygen atoms in total. The molecule has 0 amide bonds. The number of hydrogen-bond donors (Lipinski definition) is 0. The second-order valence-corrected chi connectivity index (χ2v) is 8.93. The molecule has 0 saturated heterocycles. The van der Waals surface area contributed by atoms with E-state index in [2.05, 4.69) is 61.7 Å². The monoisotopic (exact) mass is 552 g/mol. The summed E-state index contributed by atoms with van der Waals surface area (Å²) in [5.41, 5.74) is 3.30. The van der Waals surface area contributed by atoms with Crippen LogP contribution in [0.5, 0.6) is 0 Å². The molecular formula is C32H40O8-2. The third kappa shape index (κ3) is 20.8. The predicted molar refractivity (Wildman–Crippen MR) is 150 cm³/mol. The normalized spacial score (nSPS) is 9.55. The molecule has 2 aromatic carbocycles. The third-order valence-corrected chi connectivity index (χ3v) is 5.09. The SMILES string of the molecule is C=C(C)C(=O)OCCCCCC(=O)[O-].C=C(C)C(=O)OCCCCCC(=O)[O-].c1ccc(-c2ccccc2)cc1. The Labute approximate surface area is 237 Å². The largest absolute Gasteiger partial charge is 0.550 e. The minimum absolute atomic E-state index is 0.0639. The molecule has 0 atom stereocenters. The van der Waals surface area contributed by atoms with Crippen LogP contribution in [0, 0.1) is 0 Å². The fraction of sp³-hybridized carbons (Fsp3) is 0.375. The Bertz CT molecular complexity index is 960. The van der Waals surface area contributed by atoms with Crippen molar-refractivity contribution in [2.24, 2.45) is 0 Å². The van der Waals surface area contributed by atoms with Crippen LogP contribution in [0.3, 0.4) is 0 Å². The van der Waals surface area contributed by atoms with Crippen molar-refractivity contribution < 1.29 is 38.9 Å². The van der Waals surface area contributed by atoms with Gasteiger partial charge in [-0.3, -0.25) is 0 Å². The topological polar surface area (TPSA) is 133 Å². The molecule has 0 saturated carbocycles. The maximum atomic E-state index is 10.9. The highest BCUT2D eigenvalue weighted by molar-refractivity contribution is 5.87. The van der Waals surface area contributed by atoms with Crippen LogP contribution in [0.15, 0.2) is 85.0 Å². The molecule has 0 aromatic heterocycles. The lowest BCUT2D eigenvalue weighted by molar-refractivity contribution is -0.307. The summed E-state index contributed by atoms with van der Waals surface area (Å²) >= 11 is 0. The lowest BCUT2D eigenvalue weighted by Gasteiger charge is -2.04. The van der Waals surface area contributed by atoms with Gasteiger partial charge in [0, 0.05) is 23.1 Å². The van der Waals surface area contributed by atoms with Gasteiger partial charge in [0.15, 0.2) is 0 Å². The Morgan fingerprint density at radius 2 is 0.900 bits per heavy atom. The lowest BCUT2D eigenvalue weighted by Crippen LogP contribution is -2.21. The van der Waals surface area contributed by atoms with Crippen molar-refractivity contribution in [2.45, 2.75) is 65.2 Å². The highest BCUT2D eigenvalue weighted by atomic mass is 16.5. The number of ether oxygens (including phenoxy) is 2. The van der Waals surface area contributed by atoms with Crippen LogP contribution in [0.1, 0.15) is 65.2 Å². The highest BCUT2D eigenvalue weighted by Gasteiger charge is 2.02. The number of benzene rings is 2. The van der Waals surface area contributed by atoms with Gasteiger partial charge in [-0.2, -0.15) is 0 Å². The van der Waals surface area contributed by atoms with Crippen LogP contribution < -0.4 is 10.2 Å². The summed E-state index contributed by atoms with van der Waals surface area (Å²) in [6.07, 6.45) is 4.04. The van der Waals surface area contributed by atoms with Crippen LogP contribution >= 0.6 is 0 Å². The van der Waals surface area contributed by atoms with Crippen LogP contribution in [0.4, 0.5) is 0 Å². The summed E-state index contributed by atoms with van der Waals surface area (Å²) in [5.74, 6) is -2.87. The first-order valence-corrected chi connectivity index (χ1v) is 13.2. The number of unbranched alkanes of at least 4 members (excludes halogenated alkanes) is 4. The molecule has 40 heavy (non-hydrogen) atoms. The van der Waals surface area contributed by atoms with E-state index in [9.17, 15) is 29.4 Å². The molecule has 8 heteroatoms. The third-order valence-electron chi connectivity index (χ3n) is 5.09. The summed E-state index contributed by atoms with van der Waals surface area (Å²) in [5, 5.41) is 20.0. The maximum absolute atomic E-state index is 10.9. The average Bonchev–Trinajstić information content (AvgIpc) is 2.93. The van der Waals surface area contributed by atoms with E-state index < -0.39 is 23.9 Å². The first-order chi connectivity index (χ1) is 19.0. The Morgan fingerprint density at radius 3 is 1.18 bits per heavy atom. The van der Waals surface area contributed by atoms with Crippen LogP contribution in [0.2, 0.25) is 0 Å². The Kier molecular flexibility index (Phi) is 20.4. The van der Waals surface area contributed by atoms with Gasteiger partial charge >= 0.3 is 11.9 Å². The number of carbonyl (C=O) groups is 4. The van der Waals surface area contributed by atoms with Crippen LogP contribution in [0.25, 0.3) is 11.1 Å². The number of carboxylic acid groups (broad SMARTS) is 2. The number of carboxylic acids is 2. The van der Waals surface area contributed by atoms with Gasteiger partial charge in [-0.15, -0.1) is 0 Å². The molecule has 2 aromatic rings. The van der Waals surface area contributed by atoms with Gasteiger partial charge in [-0.1, -0.05) is 73.8 Å². The number of esters is 2. The maximum Gasteiger partial charge on any atom is 0.333 e. The smallest absolute Gasteiger partial charge is 0.333 e. The Balaban J connectivity index is 0.000000571. The van der Waals surface area contributed by atoms with Gasteiger partial charge in [0.25, 0.3) is 0 Å². The van der Waals surface area contributed by atoms with Crippen molar-refractivity contribution in [1.29, 1.82) is 0 Å².